The van der Waals surface area contributed by atoms with Gasteiger partial charge in [0.25, 0.3) is 5.91 Å². The second kappa shape index (κ2) is 6.32. The number of H-pyrrole nitrogens is 1. The zero-order valence-corrected chi connectivity index (χ0v) is 14.0. The summed E-state index contributed by atoms with van der Waals surface area (Å²) in [6.07, 6.45) is -3.01. The van der Waals surface area contributed by atoms with E-state index in [2.05, 4.69) is 15.5 Å². The van der Waals surface area contributed by atoms with Crippen molar-refractivity contribution in [2.45, 2.75) is 38.0 Å². The molecular formula is C15H20F3N5O2. The number of nitrogens with zero attached hydrogens (tertiary/aromatic N) is 3. The molecule has 3 rings (SSSR count). The van der Waals surface area contributed by atoms with E-state index in [0.29, 0.717) is 13.1 Å². The molecule has 2 saturated heterocycles. The van der Waals surface area contributed by atoms with Crippen molar-refractivity contribution < 1.29 is 22.8 Å². The van der Waals surface area contributed by atoms with Crippen LogP contribution < -0.4 is 5.32 Å². The van der Waals surface area contributed by atoms with Gasteiger partial charge in [-0.3, -0.25) is 19.6 Å². The fraction of sp³-hybridized carbons (Fsp3) is 0.667. The monoisotopic (exact) mass is 359 g/mol. The Kier molecular flexibility index (Phi) is 4.48. The number of aromatic nitrogens is 2. The highest BCUT2D eigenvalue weighted by Crippen LogP contribution is 2.31. The molecule has 0 aromatic carbocycles. The van der Waals surface area contributed by atoms with Crippen molar-refractivity contribution in [3.63, 3.8) is 0 Å². The number of carbonyl (C=O) groups excluding carboxylic acids is 2. The summed E-state index contributed by atoms with van der Waals surface area (Å²) >= 11 is 0. The predicted octanol–water partition coefficient (Wildman–Crippen LogP) is 0.772. The van der Waals surface area contributed by atoms with Crippen LogP contribution in [0, 0.1) is 6.92 Å². The summed E-state index contributed by atoms with van der Waals surface area (Å²) in [5.74, 6) is -0.739. The molecule has 2 aliphatic rings. The summed E-state index contributed by atoms with van der Waals surface area (Å²) in [6.45, 7) is 3.02. The molecule has 7 nitrogen and oxygen atoms in total. The summed E-state index contributed by atoms with van der Waals surface area (Å²) in [4.78, 5) is 28.0. The topological polar surface area (TPSA) is 81.3 Å². The van der Waals surface area contributed by atoms with Crippen molar-refractivity contribution in [1.82, 2.24) is 25.3 Å². The fourth-order valence-corrected chi connectivity index (χ4v) is 3.38. The van der Waals surface area contributed by atoms with E-state index in [1.165, 1.54) is 6.92 Å². The Balaban J connectivity index is 1.60. The first kappa shape index (κ1) is 17.7. The molecule has 25 heavy (non-hydrogen) atoms. The van der Waals surface area contributed by atoms with Crippen molar-refractivity contribution in [1.29, 1.82) is 0 Å². The standard InChI is InChI=1S/C15H20F3N5O2/c1-8-11(12(21-20-8)15(16,17)18)13(24)19-9-6-23(7-9)10-4-3-5-22(2)14(10)25/h9-10H,3-7H2,1-2H3,(H,19,24)(H,20,21). The average Bonchev–Trinajstić information content (AvgIpc) is 2.88. The maximum absolute atomic E-state index is 12.9. The van der Waals surface area contributed by atoms with Crippen LogP contribution in [-0.2, 0) is 11.0 Å². The third-order valence-electron chi connectivity index (χ3n) is 4.76. The molecule has 1 aromatic rings. The van der Waals surface area contributed by atoms with Gasteiger partial charge < -0.3 is 10.2 Å². The number of hydrogen-bond acceptors (Lipinski definition) is 4. The highest BCUT2D eigenvalue weighted by atomic mass is 19.4. The van der Waals surface area contributed by atoms with Crippen molar-refractivity contribution in [3.05, 3.63) is 17.0 Å². The molecule has 1 aromatic heterocycles. The van der Waals surface area contributed by atoms with E-state index in [1.807, 2.05) is 4.90 Å². The summed E-state index contributed by atoms with van der Waals surface area (Å²) in [5.41, 5.74) is -1.60. The van der Waals surface area contributed by atoms with Gasteiger partial charge in [0, 0.05) is 32.4 Å². The molecule has 0 spiro atoms. The SMILES string of the molecule is Cc1[nH]nc(C(F)(F)F)c1C(=O)NC1CN(C2CCCN(C)C2=O)C1. The average molecular weight is 359 g/mol. The van der Waals surface area contributed by atoms with Gasteiger partial charge in [0.1, 0.15) is 0 Å². The van der Waals surface area contributed by atoms with Gasteiger partial charge in [-0.05, 0) is 19.8 Å². The number of likely N-dealkylation sites (N-methyl/N-ethyl adjacent to an activating group) is 1. The molecule has 1 unspecified atom stereocenters. The Labute approximate surface area is 142 Å². The highest BCUT2D eigenvalue weighted by Gasteiger charge is 2.42. The van der Waals surface area contributed by atoms with Gasteiger partial charge in [-0.15, -0.1) is 0 Å². The molecule has 0 bridgehead atoms. The summed E-state index contributed by atoms with van der Waals surface area (Å²) in [5, 5.41) is 8.01. The van der Waals surface area contributed by atoms with E-state index in [4.69, 9.17) is 0 Å². The third kappa shape index (κ3) is 3.35. The van der Waals surface area contributed by atoms with Gasteiger partial charge in [-0.1, -0.05) is 0 Å². The van der Waals surface area contributed by atoms with Crippen LogP contribution in [0.3, 0.4) is 0 Å². The van der Waals surface area contributed by atoms with Crippen LogP contribution in [0.1, 0.15) is 34.6 Å². The van der Waals surface area contributed by atoms with Gasteiger partial charge in [0.15, 0.2) is 5.69 Å². The number of piperidine rings is 1. The zero-order valence-electron chi connectivity index (χ0n) is 14.0. The van der Waals surface area contributed by atoms with Crippen LogP contribution in [0.15, 0.2) is 0 Å². The lowest BCUT2D eigenvalue weighted by Gasteiger charge is -2.46. The number of likely N-dealkylation sites (tertiary alicyclic amines) is 2. The molecule has 0 saturated carbocycles. The molecule has 2 amide bonds. The third-order valence-corrected chi connectivity index (χ3v) is 4.76. The second-order valence-electron chi connectivity index (χ2n) is 6.61. The van der Waals surface area contributed by atoms with Crippen LogP contribution in [0.5, 0.6) is 0 Å². The first-order chi connectivity index (χ1) is 11.7. The number of aromatic amines is 1. The molecule has 3 heterocycles. The summed E-state index contributed by atoms with van der Waals surface area (Å²) in [6, 6.07) is -0.476. The molecule has 2 N–H and O–H groups in total. The molecule has 138 valence electrons. The zero-order chi connectivity index (χ0) is 18.4. The first-order valence-corrected chi connectivity index (χ1v) is 8.10. The normalized spacial score (nSPS) is 22.8. The molecular weight excluding hydrogens is 339 g/mol. The van der Waals surface area contributed by atoms with Crippen molar-refractivity contribution in [3.8, 4) is 0 Å². The van der Waals surface area contributed by atoms with E-state index < -0.39 is 23.3 Å². The largest absolute Gasteiger partial charge is 0.435 e. The number of hydrogen-bond donors (Lipinski definition) is 2. The lowest BCUT2D eigenvalue weighted by molar-refractivity contribution is -0.142. The Hall–Kier alpha value is -2.10. The smallest absolute Gasteiger partial charge is 0.347 e. The maximum atomic E-state index is 12.9. The summed E-state index contributed by atoms with van der Waals surface area (Å²) < 4.78 is 38.8. The second-order valence-corrected chi connectivity index (χ2v) is 6.61. The van der Waals surface area contributed by atoms with Crippen LogP contribution in [0.4, 0.5) is 13.2 Å². The molecule has 2 aliphatic heterocycles. The van der Waals surface area contributed by atoms with Gasteiger partial charge in [-0.2, -0.15) is 18.3 Å². The minimum absolute atomic E-state index is 0.0565. The first-order valence-electron chi connectivity index (χ1n) is 8.10. The van der Waals surface area contributed by atoms with Crippen molar-refractivity contribution in [2.24, 2.45) is 0 Å². The van der Waals surface area contributed by atoms with Crippen LogP contribution in [0.25, 0.3) is 0 Å². The molecule has 0 radical (unpaired) electrons. The number of amides is 2. The Morgan fingerprint density at radius 2 is 2.04 bits per heavy atom. The van der Waals surface area contributed by atoms with Crippen LogP contribution >= 0.6 is 0 Å². The van der Waals surface area contributed by atoms with Crippen LogP contribution in [0.2, 0.25) is 0 Å². The van der Waals surface area contributed by atoms with Gasteiger partial charge in [0.05, 0.1) is 17.6 Å². The van der Waals surface area contributed by atoms with Gasteiger partial charge >= 0.3 is 6.18 Å². The molecule has 0 aliphatic carbocycles. The van der Waals surface area contributed by atoms with E-state index in [9.17, 15) is 22.8 Å². The summed E-state index contributed by atoms with van der Waals surface area (Å²) in [7, 11) is 1.76. The predicted molar refractivity (Wildman–Crippen MR) is 81.8 cm³/mol. The number of alkyl halides is 3. The Morgan fingerprint density at radius 3 is 2.68 bits per heavy atom. The molecule has 10 heteroatoms. The number of carbonyl (C=O) groups is 2. The minimum Gasteiger partial charge on any atom is -0.347 e. The van der Waals surface area contributed by atoms with Gasteiger partial charge in [-0.25, -0.2) is 0 Å². The number of aryl methyl sites for hydroxylation is 1. The molecule has 1 atom stereocenters. The van der Waals surface area contributed by atoms with E-state index >= 15 is 0 Å². The Bertz CT molecular complexity index is 681. The maximum Gasteiger partial charge on any atom is 0.435 e. The van der Waals surface area contributed by atoms with Crippen molar-refractivity contribution in [2.75, 3.05) is 26.7 Å². The number of nitrogens with one attached hydrogen (secondary N) is 2. The highest BCUT2D eigenvalue weighted by molar-refractivity contribution is 5.96. The quantitative estimate of drug-likeness (QED) is 0.835. The fourth-order valence-electron chi connectivity index (χ4n) is 3.38. The van der Waals surface area contributed by atoms with Crippen molar-refractivity contribution >= 4 is 11.8 Å². The lowest BCUT2D eigenvalue weighted by atomic mass is 9.97. The number of rotatable bonds is 3. The number of halogens is 3. The Morgan fingerprint density at radius 1 is 1.36 bits per heavy atom. The van der Waals surface area contributed by atoms with E-state index in [-0.39, 0.29) is 23.7 Å². The van der Waals surface area contributed by atoms with E-state index in [0.717, 1.165) is 19.4 Å². The minimum atomic E-state index is -4.69. The van der Waals surface area contributed by atoms with E-state index in [1.54, 1.807) is 11.9 Å². The lowest BCUT2D eigenvalue weighted by Crippen LogP contribution is -2.65. The van der Waals surface area contributed by atoms with Crippen LogP contribution in [-0.4, -0.2) is 70.6 Å². The van der Waals surface area contributed by atoms with Gasteiger partial charge in [0.2, 0.25) is 5.91 Å². The molecule has 2 fully saturated rings.